The quantitative estimate of drug-likeness (QED) is 0.255. The highest BCUT2D eigenvalue weighted by Gasteiger charge is 2.13. The lowest BCUT2D eigenvalue weighted by atomic mass is 10.1. The first-order chi connectivity index (χ1) is 17.3. The van der Waals surface area contributed by atoms with Gasteiger partial charge >= 0.3 is 11.9 Å². The number of hydrogen-bond donors (Lipinski definition) is 2. The lowest BCUT2D eigenvalue weighted by Gasteiger charge is -2.08. The predicted octanol–water partition coefficient (Wildman–Crippen LogP) is 2.49. The fourth-order valence-corrected chi connectivity index (χ4v) is 2.93. The van der Waals surface area contributed by atoms with Gasteiger partial charge in [0.15, 0.2) is 12.4 Å². The third-order valence-electron chi connectivity index (χ3n) is 4.91. The Labute approximate surface area is 207 Å². The highest BCUT2D eigenvalue weighted by atomic mass is 16.5. The molecule has 0 saturated carbocycles. The predicted molar refractivity (Wildman–Crippen MR) is 130 cm³/mol. The van der Waals surface area contributed by atoms with Crippen LogP contribution in [0.15, 0.2) is 78.9 Å². The van der Waals surface area contributed by atoms with Crippen LogP contribution in [0.25, 0.3) is 0 Å². The molecule has 36 heavy (non-hydrogen) atoms. The number of hydrogen-bond acceptors (Lipinski definition) is 7. The molecular weight excluding hydrogens is 464 g/mol. The van der Waals surface area contributed by atoms with Crippen molar-refractivity contribution in [1.29, 1.82) is 0 Å². The third kappa shape index (κ3) is 7.91. The first kappa shape index (κ1) is 25.8. The van der Waals surface area contributed by atoms with Gasteiger partial charge in [0, 0.05) is 11.1 Å². The summed E-state index contributed by atoms with van der Waals surface area (Å²) < 4.78 is 10.1. The minimum atomic E-state index is -0.810. The zero-order chi connectivity index (χ0) is 25.9. The maximum atomic E-state index is 12.3. The first-order valence-electron chi connectivity index (χ1n) is 11.0. The Hall–Kier alpha value is -4.79. The van der Waals surface area contributed by atoms with Crippen LogP contribution in [0.2, 0.25) is 0 Å². The van der Waals surface area contributed by atoms with E-state index in [1.807, 2.05) is 6.92 Å². The van der Waals surface area contributed by atoms with Crippen LogP contribution in [0.4, 0.5) is 0 Å². The first-order valence-corrected chi connectivity index (χ1v) is 11.0. The van der Waals surface area contributed by atoms with E-state index in [-0.39, 0.29) is 17.9 Å². The van der Waals surface area contributed by atoms with Crippen LogP contribution in [-0.2, 0) is 14.3 Å². The molecule has 0 saturated heterocycles. The summed E-state index contributed by atoms with van der Waals surface area (Å²) in [6.07, 6.45) is 0. The molecule has 0 unspecified atom stereocenters. The van der Waals surface area contributed by atoms with Crippen molar-refractivity contribution in [3.63, 3.8) is 0 Å². The summed E-state index contributed by atoms with van der Waals surface area (Å²) in [5.41, 5.74) is 2.06. The molecule has 184 valence electrons. The lowest BCUT2D eigenvalue weighted by molar-refractivity contribution is -0.142. The second kappa shape index (κ2) is 12.6. The van der Waals surface area contributed by atoms with Crippen LogP contribution in [-0.4, -0.2) is 49.2 Å². The molecule has 0 aliphatic heterocycles. The van der Waals surface area contributed by atoms with Crippen molar-refractivity contribution in [1.82, 2.24) is 10.6 Å². The minimum Gasteiger partial charge on any atom is -0.456 e. The van der Waals surface area contributed by atoms with Crippen molar-refractivity contribution in [3.05, 3.63) is 101 Å². The van der Waals surface area contributed by atoms with E-state index >= 15 is 0 Å². The highest BCUT2D eigenvalue weighted by molar-refractivity contribution is 5.99. The van der Waals surface area contributed by atoms with Gasteiger partial charge in [0.05, 0.1) is 12.1 Å². The molecule has 9 heteroatoms. The molecule has 0 aliphatic carbocycles. The Bertz CT molecular complexity index is 1240. The molecule has 0 spiro atoms. The van der Waals surface area contributed by atoms with Gasteiger partial charge in [-0.25, -0.2) is 4.79 Å². The summed E-state index contributed by atoms with van der Waals surface area (Å²) in [6.45, 7) is 0.590. The Balaban J connectivity index is 1.36. The fourth-order valence-electron chi connectivity index (χ4n) is 2.93. The molecule has 0 radical (unpaired) electrons. The zero-order valence-corrected chi connectivity index (χ0v) is 19.5. The van der Waals surface area contributed by atoms with Gasteiger partial charge in [-0.3, -0.25) is 19.2 Å². The van der Waals surface area contributed by atoms with Gasteiger partial charge in [0.25, 0.3) is 5.91 Å². The van der Waals surface area contributed by atoms with Gasteiger partial charge in [0.2, 0.25) is 5.91 Å². The van der Waals surface area contributed by atoms with E-state index in [1.165, 1.54) is 24.3 Å². The summed E-state index contributed by atoms with van der Waals surface area (Å²) in [4.78, 5) is 60.0. The number of rotatable bonds is 10. The van der Waals surface area contributed by atoms with Crippen molar-refractivity contribution >= 4 is 29.5 Å². The summed E-state index contributed by atoms with van der Waals surface area (Å²) in [6, 6.07) is 21.1. The van der Waals surface area contributed by atoms with Gasteiger partial charge in [-0.05, 0) is 55.5 Å². The SMILES string of the molecule is Cc1ccc(C(=O)NCC(=O)NCC(=O)OCC(=O)c2ccc(OC(=O)c3ccccc3)cc2)cc1. The number of carbonyl (C=O) groups excluding carboxylic acids is 5. The number of benzene rings is 3. The van der Waals surface area contributed by atoms with Gasteiger partial charge in [0.1, 0.15) is 12.3 Å². The number of esters is 2. The molecule has 0 atom stereocenters. The van der Waals surface area contributed by atoms with Crippen molar-refractivity contribution < 1.29 is 33.4 Å². The maximum absolute atomic E-state index is 12.3. The van der Waals surface area contributed by atoms with E-state index < -0.39 is 42.7 Å². The zero-order valence-electron chi connectivity index (χ0n) is 19.5. The maximum Gasteiger partial charge on any atom is 0.343 e. The normalized spacial score (nSPS) is 10.1. The molecular formula is C27H24N2O7. The van der Waals surface area contributed by atoms with Crippen molar-refractivity contribution in [2.75, 3.05) is 19.7 Å². The smallest absolute Gasteiger partial charge is 0.343 e. The Kier molecular flexibility index (Phi) is 9.05. The number of ketones is 1. The van der Waals surface area contributed by atoms with Crippen LogP contribution in [0.5, 0.6) is 5.75 Å². The van der Waals surface area contributed by atoms with Crippen LogP contribution in [0.1, 0.15) is 36.6 Å². The molecule has 0 heterocycles. The van der Waals surface area contributed by atoms with Crippen molar-refractivity contribution in [3.8, 4) is 5.75 Å². The van der Waals surface area contributed by atoms with Crippen LogP contribution >= 0.6 is 0 Å². The van der Waals surface area contributed by atoms with Crippen molar-refractivity contribution in [2.45, 2.75) is 6.92 Å². The number of ether oxygens (including phenoxy) is 2. The minimum absolute atomic E-state index is 0.255. The van der Waals surface area contributed by atoms with Gasteiger partial charge < -0.3 is 20.1 Å². The summed E-state index contributed by atoms with van der Waals surface area (Å²) in [7, 11) is 0. The number of carbonyl (C=O) groups is 5. The van der Waals surface area contributed by atoms with Crippen LogP contribution in [0, 0.1) is 6.92 Å². The molecule has 3 aromatic carbocycles. The molecule has 2 amide bonds. The van der Waals surface area contributed by atoms with Crippen LogP contribution in [0.3, 0.4) is 0 Å². The van der Waals surface area contributed by atoms with E-state index in [2.05, 4.69) is 10.6 Å². The Morgan fingerprint density at radius 1 is 0.694 bits per heavy atom. The number of nitrogens with one attached hydrogen (secondary N) is 2. The number of amides is 2. The lowest BCUT2D eigenvalue weighted by Crippen LogP contribution is -2.39. The summed E-state index contributed by atoms with van der Waals surface area (Å²) in [5.74, 6) is -2.55. The van der Waals surface area contributed by atoms with Crippen molar-refractivity contribution in [2.24, 2.45) is 0 Å². The number of aryl methyl sites for hydroxylation is 1. The van der Waals surface area contributed by atoms with E-state index in [9.17, 15) is 24.0 Å². The second-order valence-electron chi connectivity index (χ2n) is 7.69. The van der Waals surface area contributed by atoms with Crippen LogP contribution < -0.4 is 15.4 Å². The average Bonchev–Trinajstić information content (AvgIpc) is 2.90. The molecule has 0 bridgehead atoms. The highest BCUT2D eigenvalue weighted by Crippen LogP contribution is 2.15. The van der Waals surface area contributed by atoms with E-state index in [0.717, 1.165) is 5.56 Å². The molecule has 3 aromatic rings. The molecule has 9 nitrogen and oxygen atoms in total. The third-order valence-corrected chi connectivity index (χ3v) is 4.91. The molecule has 0 aromatic heterocycles. The van der Waals surface area contributed by atoms with E-state index in [1.54, 1.807) is 54.6 Å². The molecule has 0 fully saturated rings. The molecule has 0 aliphatic rings. The van der Waals surface area contributed by atoms with Gasteiger partial charge in [-0.1, -0.05) is 35.9 Å². The topological polar surface area (TPSA) is 128 Å². The summed E-state index contributed by atoms with van der Waals surface area (Å²) >= 11 is 0. The monoisotopic (exact) mass is 488 g/mol. The second-order valence-corrected chi connectivity index (χ2v) is 7.69. The van der Waals surface area contributed by atoms with Gasteiger partial charge in [-0.2, -0.15) is 0 Å². The van der Waals surface area contributed by atoms with E-state index in [0.29, 0.717) is 11.1 Å². The molecule has 3 rings (SSSR count). The van der Waals surface area contributed by atoms with Gasteiger partial charge in [-0.15, -0.1) is 0 Å². The molecule has 2 N–H and O–H groups in total. The standard InChI is InChI=1S/C27H24N2O7/c1-18-7-9-20(10-8-18)26(33)29-15-24(31)28-16-25(32)35-17-23(30)19-11-13-22(14-12-19)36-27(34)21-5-3-2-4-6-21/h2-14H,15-17H2,1H3,(H,28,31)(H,29,33). The Morgan fingerprint density at radius 3 is 2.00 bits per heavy atom. The Morgan fingerprint density at radius 2 is 1.33 bits per heavy atom. The fraction of sp³-hybridized carbons (Fsp3) is 0.148. The summed E-state index contributed by atoms with van der Waals surface area (Å²) in [5, 5.41) is 4.76. The average molecular weight is 488 g/mol. The van der Waals surface area contributed by atoms with E-state index in [4.69, 9.17) is 9.47 Å². The number of Topliss-reactive ketones (excluding diaryl/α,β-unsaturated/α-hetero) is 1. The largest absolute Gasteiger partial charge is 0.456 e.